The first-order chi connectivity index (χ1) is 16.1. The van der Waals surface area contributed by atoms with E-state index in [2.05, 4.69) is 25.3 Å². The molecular weight excluding hydrogens is 442 g/mol. The van der Waals surface area contributed by atoms with E-state index in [1.165, 1.54) is 11.3 Å². The van der Waals surface area contributed by atoms with E-state index in [0.717, 1.165) is 18.7 Å². The lowest BCUT2D eigenvalue weighted by atomic mass is 10.2. The van der Waals surface area contributed by atoms with Crippen molar-refractivity contribution in [3.8, 4) is 11.4 Å². The molecule has 3 aromatic rings. The minimum Gasteiger partial charge on any atom is -0.340 e. The van der Waals surface area contributed by atoms with Crippen LogP contribution in [0.25, 0.3) is 11.4 Å². The molecule has 2 aromatic heterocycles. The number of thiazole rings is 1. The molecule has 0 spiro atoms. The number of benzene rings is 1. The summed E-state index contributed by atoms with van der Waals surface area (Å²) in [7, 11) is 0. The zero-order valence-corrected chi connectivity index (χ0v) is 19.1. The van der Waals surface area contributed by atoms with Gasteiger partial charge in [0.15, 0.2) is 5.13 Å². The predicted octanol–water partition coefficient (Wildman–Crippen LogP) is 2.17. The molecule has 5 rings (SSSR count). The van der Waals surface area contributed by atoms with Gasteiger partial charge in [-0.25, -0.2) is 9.78 Å². The lowest BCUT2D eigenvalue weighted by molar-refractivity contribution is -0.132. The Kier molecular flexibility index (Phi) is 6.05. The molecule has 10 nitrogen and oxygen atoms in total. The Bertz CT molecular complexity index is 1120. The van der Waals surface area contributed by atoms with Gasteiger partial charge in [-0.15, -0.1) is 11.3 Å². The third kappa shape index (κ3) is 4.60. The number of nitrogens with one attached hydrogen (secondary N) is 1. The number of amides is 3. The van der Waals surface area contributed by atoms with E-state index in [1.54, 1.807) is 4.90 Å². The Balaban J connectivity index is 1.14. The molecule has 2 saturated heterocycles. The number of nitrogens with zero attached hydrogens (tertiary/aromatic N) is 6. The van der Waals surface area contributed by atoms with Gasteiger partial charge in [0.25, 0.3) is 0 Å². The van der Waals surface area contributed by atoms with Gasteiger partial charge in [-0.05, 0) is 6.92 Å². The second-order valence-electron chi connectivity index (χ2n) is 8.10. The van der Waals surface area contributed by atoms with Crippen LogP contribution in [-0.2, 0) is 11.2 Å². The van der Waals surface area contributed by atoms with Gasteiger partial charge in [0.1, 0.15) is 0 Å². The van der Waals surface area contributed by atoms with E-state index >= 15 is 0 Å². The van der Waals surface area contributed by atoms with E-state index in [4.69, 9.17) is 4.52 Å². The summed E-state index contributed by atoms with van der Waals surface area (Å²) in [5.41, 5.74) is 1.63. The van der Waals surface area contributed by atoms with Gasteiger partial charge in [0, 0.05) is 50.2 Å². The lowest BCUT2D eigenvalue weighted by Crippen LogP contribution is -2.49. The Morgan fingerprint density at radius 3 is 2.67 bits per heavy atom. The van der Waals surface area contributed by atoms with Crippen LogP contribution in [0.5, 0.6) is 0 Å². The smallest absolute Gasteiger partial charge is 0.323 e. The molecular formula is C22H25N7O3S. The number of carbonyl (C=O) groups is 2. The summed E-state index contributed by atoms with van der Waals surface area (Å²) in [5, 5.41) is 9.38. The SMILES string of the molecule is CC(c1nc(-c2ccccc2)no1)N1CCN(C(=O)Cc2csc(N3CCNC3=O)n2)CC1. The average Bonchev–Trinajstić information content (AvgIpc) is 3.60. The first kappa shape index (κ1) is 21.5. The van der Waals surface area contributed by atoms with Crippen LogP contribution in [0.4, 0.5) is 9.93 Å². The Hall–Kier alpha value is -3.31. The molecule has 11 heteroatoms. The van der Waals surface area contributed by atoms with Crippen molar-refractivity contribution in [1.29, 1.82) is 0 Å². The normalized spacial score (nSPS) is 17.9. The summed E-state index contributed by atoms with van der Waals surface area (Å²) >= 11 is 1.39. The number of piperazine rings is 1. The molecule has 2 aliphatic heterocycles. The Labute approximate surface area is 195 Å². The number of aromatic nitrogens is 3. The highest BCUT2D eigenvalue weighted by Crippen LogP contribution is 2.25. The van der Waals surface area contributed by atoms with Crippen LogP contribution in [0.3, 0.4) is 0 Å². The first-order valence-electron chi connectivity index (χ1n) is 11.0. The van der Waals surface area contributed by atoms with Gasteiger partial charge >= 0.3 is 6.03 Å². The van der Waals surface area contributed by atoms with Crippen molar-refractivity contribution < 1.29 is 14.1 Å². The van der Waals surface area contributed by atoms with Crippen LogP contribution >= 0.6 is 11.3 Å². The maximum Gasteiger partial charge on any atom is 0.323 e. The number of urea groups is 1. The first-order valence-corrected chi connectivity index (χ1v) is 11.9. The summed E-state index contributed by atoms with van der Waals surface area (Å²) in [5.74, 6) is 1.21. The Morgan fingerprint density at radius 1 is 1.15 bits per heavy atom. The van der Waals surface area contributed by atoms with Crippen molar-refractivity contribution in [3.05, 3.63) is 47.3 Å². The maximum atomic E-state index is 12.8. The third-order valence-corrected chi connectivity index (χ3v) is 6.92. The second-order valence-corrected chi connectivity index (χ2v) is 8.93. The minimum atomic E-state index is -0.135. The van der Waals surface area contributed by atoms with Gasteiger partial charge in [-0.1, -0.05) is 35.5 Å². The van der Waals surface area contributed by atoms with E-state index < -0.39 is 0 Å². The van der Waals surface area contributed by atoms with Crippen molar-refractivity contribution in [3.63, 3.8) is 0 Å². The van der Waals surface area contributed by atoms with E-state index in [0.29, 0.717) is 48.7 Å². The van der Waals surface area contributed by atoms with Crippen molar-refractivity contribution >= 4 is 28.4 Å². The quantitative estimate of drug-likeness (QED) is 0.592. The maximum absolute atomic E-state index is 12.8. The Morgan fingerprint density at radius 2 is 1.94 bits per heavy atom. The van der Waals surface area contributed by atoms with Crippen molar-refractivity contribution in [2.75, 3.05) is 44.2 Å². The monoisotopic (exact) mass is 467 g/mol. The largest absolute Gasteiger partial charge is 0.340 e. The summed E-state index contributed by atoms with van der Waals surface area (Å²) in [6.45, 7) is 5.99. The van der Waals surface area contributed by atoms with E-state index in [9.17, 15) is 9.59 Å². The highest BCUT2D eigenvalue weighted by molar-refractivity contribution is 7.14. The predicted molar refractivity (Wildman–Crippen MR) is 123 cm³/mol. The summed E-state index contributed by atoms with van der Waals surface area (Å²) in [4.78, 5) is 39.4. The zero-order valence-electron chi connectivity index (χ0n) is 18.3. The van der Waals surface area contributed by atoms with Crippen LogP contribution in [0.2, 0.25) is 0 Å². The molecule has 3 amide bonds. The number of carbonyl (C=O) groups excluding carboxylic acids is 2. The molecule has 2 aliphatic rings. The molecule has 1 atom stereocenters. The van der Waals surface area contributed by atoms with Crippen LogP contribution in [-0.4, -0.2) is 76.1 Å². The molecule has 1 N–H and O–H groups in total. The van der Waals surface area contributed by atoms with Gasteiger partial charge < -0.3 is 14.7 Å². The van der Waals surface area contributed by atoms with Crippen LogP contribution in [0.15, 0.2) is 40.2 Å². The van der Waals surface area contributed by atoms with Gasteiger partial charge in [0.2, 0.25) is 17.6 Å². The van der Waals surface area contributed by atoms with E-state index in [1.807, 2.05) is 47.5 Å². The summed E-state index contributed by atoms with van der Waals surface area (Å²) < 4.78 is 5.52. The van der Waals surface area contributed by atoms with E-state index in [-0.39, 0.29) is 24.4 Å². The van der Waals surface area contributed by atoms with Crippen molar-refractivity contribution in [1.82, 2.24) is 30.2 Å². The summed E-state index contributed by atoms with van der Waals surface area (Å²) in [6.07, 6.45) is 0.242. The van der Waals surface area contributed by atoms with Crippen molar-refractivity contribution in [2.45, 2.75) is 19.4 Å². The fourth-order valence-corrected chi connectivity index (χ4v) is 4.90. The summed E-state index contributed by atoms with van der Waals surface area (Å²) in [6, 6.07) is 9.59. The van der Waals surface area contributed by atoms with Crippen LogP contribution < -0.4 is 10.2 Å². The average molecular weight is 468 g/mol. The number of hydrogen-bond donors (Lipinski definition) is 1. The molecule has 0 radical (unpaired) electrons. The van der Waals surface area contributed by atoms with Crippen molar-refractivity contribution in [2.24, 2.45) is 0 Å². The number of anilines is 1. The molecule has 1 unspecified atom stereocenters. The molecule has 172 valence electrons. The molecule has 1 aromatic carbocycles. The van der Waals surface area contributed by atoms with Crippen LogP contribution in [0.1, 0.15) is 24.6 Å². The molecule has 0 bridgehead atoms. The molecule has 33 heavy (non-hydrogen) atoms. The lowest BCUT2D eigenvalue weighted by Gasteiger charge is -2.36. The molecule has 2 fully saturated rings. The number of rotatable bonds is 6. The molecule has 0 saturated carbocycles. The molecule has 0 aliphatic carbocycles. The molecule has 4 heterocycles. The third-order valence-electron chi connectivity index (χ3n) is 6.01. The zero-order chi connectivity index (χ0) is 22.8. The standard InChI is InChI=1S/C22H25N7O3S/c1-15(20-25-19(26-32-20)16-5-3-2-4-6-16)27-9-11-28(12-10-27)18(30)13-17-14-33-22(24-17)29-8-7-23-21(29)31/h2-6,14-15H,7-13H2,1H3,(H,23,31). The van der Waals surface area contributed by atoms with Gasteiger partial charge in [-0.2, -0.15) is 4.98 Å². The minimum absolute atomic E-state index is 0.0279. The second kappa shape index (κ2) is 9.28. The van der Waals surface area contributed by atoms with Gasteiger partial charge in [0.05, 0.1) is 18.2 Å². The van der Waals surface area contributed by atoms with Crippen LogP contribution in [0, 0.1) is 0 Å². The fraction of sp³-hybridized carbons (Fsp3) is 0.409. The highest BCUT2D eigenvalue weighted by Gasteiger charge is 2.29. The topological polar surface area (TPSA) is 108 Å². The fourth-order valence-electron chi connectivity index (χ4n) is 4.05. The highest BCUT2D eigenvalue weighted by atomic mass is 32.1. The van der Waals surface area contributed by atoms with Gasteiger partial charge in [-0.3, -0.25) is 14.6 Å². The number of hydrogen-bond acceptors (Lipinski definition) is 8.